The summed E-state index contributed by atoms with van der Waals surface area (Å²) in [5.74, 6) is -0.245. The van der Waals surface area contributed by atoms with Gasteiger partial charge in [0.1, 0.15) is 6.10 Å². The van der Waals surface area contributed by atoms with Gasteiger partial charge in [0.15, 0.2) is 0 Å². The van der Waals surface area contributed by atoms with Crippen molar-refractivity contribution in [3.63, 3.8) is 0 Å². The molecule has 5 heteroatoms. The molecule has 1 heterocycles. The second-order valence-corrected chi connectivity index (χ2v) is 4.39. The zero-order chi connectivity index (χ0) is 12.4. The van der Waals surface area contributed by atoms with Crippen molar-refractivity contribution < 1.29 is 14.3 Å². The predicted molar refractivity (Wildman–Crippen MR) is 60.7 cm³/mol. The first-order valence-electron chi connectivity index (χ1n) is 5.81. The molecule has 0 aromatic carbocycles. The Bertz CT molecular complexity index is 439. The number of hydrogen-bond donors (Lipinski definition) is 0. The van der Waals surface area contributed by atoms with Crippen LogP contribution in [-0.2, 0) is 9.53 Å². The van der Waals surface area contributed by atoms with Gasteiger partial charge in [-0.15, -0.1) is 0 Å². The lowest BCUT2D eigenvalue weighted by atomic mass is 10.0. The van der Waals surface area contributed by atoms with Crippen LogP contribution in [0.25, 0.3) is 0 Å². The molecule has 1 aliphatic carbocycles. The number of rotatable bonds is 2. The highest BCUT2D eigenvalue weighted by atomic mass is 16.5. The Morgan fingerprint density at radius 2 is 2.18 bits per heavy atom. The number of esters is 1. The minimum absolute atomic E-state index is 0.0946. The zero-order valence-electron chi connectivity index (χ0n) is 10.0. The number of hydrogen-bond acceptors (Lipinski definition) is 4. The third kappa shape index (κ3) is 2.54. The zero-order valence-corrected chi connectivity index (χ0v) is 10.0. The Labute approximate surface area is 99.8 Å². The number of carbonyl (C=O) groups is 2. The molecule has 1 aromatic heterocycles. The first-order valence-corrected chi connectivity index (χ1v) is 5.81. The average molecular weight is 236 g/mol. The van der Waals surface area contributed by atoms with Crippen LogP contribution >= 0.6 is 0 Å². The van der Waals surface area contributed by atoms with Crippen LogP contribution in [0.3, 0.4) is 0 Å². The van der Waals surface area contributed by atoms with Crippen LogP contribution in [0.5, 0.6) is 0 Å². The fraction of sp³-hybridized carbons (Fsp3) is 0.583. The van der Waals surface area contributed by atoms with Crippen LogP contribution in [0.1, 0.15) is 49.5 Å². The minimum Gasteiger partial charge on any atom is -0.462 e. The molecule has 0 aliphatic heterocycles. The maximum absolute atomic E-state index is 11.1. The van der Waals surface area contributed by atoms with Crippen LogP contribution in [0.2, 0.25) is 0 Å². The SMILES string of the molecule is CC(=O)O[C@@H]1CCC[C@H]1c1ccn(C(C)=O)n1. The second kappa shape index (κ2) is 4.69. The van der Waals surface area contributed by atoms with Crippen LogP contribution < -0.4 is 0 Å². The van der Waals surface area contributed by atoms with E-state index in [9.17, 15) is 9.59 Å². The average Bonchev–Trinajstić information content (AvgIpc) is 2.83. The third-order valence-corrected chi connectivity index (χ3v) is 3.08. The molecule has 5 nitrogen and oxygen atoms in total. The lowest BCUT2D eigenvalue weighted by Gasteiger charge is -2.17. The molecule has 2 rings (SSSR count). The molecular weight excluding hydrogens is 220 g/mol. The van der Waals surface area contributed by atoms with Crippen LogP contribution in [-0.4, -0.2) is 27.8 Å². The van der Waals surface area contributed by atoms with E-state index >= 15 is 0 Å². The summed E-state index contributed by atoms with van der Waals surface area (Å²) in [7, 11) is 0. The van der Waals surface area contributed by atoms with Gasteiger partial charge in [-0.2, -0.15) is 5.10 Å². The van der Waals surface area contributed by atoms with Crippen molar-refractivity contribution in [2.24, 2.45) is 0 Å². The van der Waals surface area contributed by atoms with E-state index < -0.39 is 0 Å². The van der Waals surface area contributed by atoms with Gasteiger partial charge in [0, 0.05) is 26.0 Å². The van der Waals surface area contributed by atoms with Gasteiger partial charge in [0.2, 0.25) is 5.91 Å². The summed E-state index contributed by atoms with van der Waals surface area (Å²) >= 11 is 0. The first kappa shape index (κ1) is 11.8. The van der Waals surface area contributed by atoms with Gasteiger partial charge < -0.3 is 4.74 Å². The summed E-state index contributed by atoms with van der Waals surface area (Å²) in [4.78, 5) is 22.1. The molecule has 1 aromatic rings. The van der Waals surface area contributed by atoms with E-state index in [0.717, 1.165) is 25.0 Å². The van der Waals surface area contributed by atoms with E-state index in [1.54, 1.807) is 6.20 Å². The smallest absolute Gasteiger partial charge is 0.302 e. The second-order valence-electron chi connectivity index (χ2n) is 4.39. The van der Waals surface area contributed by atoms with Gasteiger partial charge in [0.25, 0.3) is 0 Å². The monoisotopic (exact) mass is 236 g/mol. The van der Waals surface area contributed by atoms with Crippen molar-refractivity contribution in [2.45, 2.75) is 45.1 Å². The standard InChI is InChI=1S/C12H16N2O3/c1-8(15)14-7-6-11(13-14)10-4-3-5-12(10)17-9(2)16/h6-7,10,12H,3-5H2,1-2H3/t10-,12+/m0/s1. The van der Waals surface area contributed by atoms with E-state index in [2.05, 4.69) is 5.10 Å². The van der Waals surface area contributed by atoms with Gasteiger partial charge >= 0.3 is 5.97 Å². The molecule has 0 bridgehead atoms. The quantitative estimate of drug-likeness (QED) is 0.734. The van der Waals surface area contributed by atoms with Crippen molar-refractivity contribution >= 4 is 11.9 Å². The van der Waals surface area contributed by atoms with Gasteiger partial charge in [-0.05, 0) is 25.3 Å². The van der Waals surface area contributed by atoms with E-state index in [-0.39, 0.29) is 23.9 Å². The van der Waals surface area contributed by atoms with Crippen molar-refractivity contribution in [3.05, 3.63) is 18.0 Å². The molecular formula is C12H16N2O3. The van der Waals surface area contributed by atoms with E-state index in [1.807, 2.05) is 6.07 Å². The Morgan fingerprint density at radius 1 is 1.41 bits per heavy atom. The number of carbonyl (C=O) groups excluding carboxylic acids is 2. The van der Waals surface area contributed by atoms with Crippen molar-refractivity contribution in [2.75, 3.05) is 0 Å². The highest BCUT2D eigenvalue weighted by Gasteiger charge is 2.32. The first-order chi connectivity index (χ1) is 8.08. The van der Waals surface area contributed by atoms with Gasteiger partial charge in [0.05, 0.1) is 5.69 Å². The topological polar surface area (TPSA) is 61.2 Å². The number of aromatic nitrogens is 2. The lowest BCUT2D eigenvalue weighted by molar-refractivity contribution is -0.146. The molecule has 92 valence electrons. The largest absolute Gasteiger partial charge is 0.462 e. The maximum atomic E-state index is 11.1. The molecule has 17 heavy (non-hydrogen) atoms. The predicted octanol–water partition coefficient (Wildman–Crippen LogP) is 1.74. The molecule has 0 spiro atoms. The highest BCUT2D eigenvalue weighted by molar-refractivity contribution is 5.74. The Balaban J connectivity index is 2.14. The van der Waals surface area contributed by atoms with E-state index in [0.29, 0.717) is 0 Å². The van der Waals surface area contributed by atoms with Crippen molar-refractivity contribution in [1.29, 1.82) is 0 Å². The Kier molecular flexibility index (Phi) is 3.26. The summed E-state index contributed by atoms with van der Waals surface area (Å²) in [6.07, 6.45) is 4.41. The minimum atomic E-state index is -0.257. The summed E-state index contributed by atoms with van der Waals surface area (Å²) in [5, 5.41) is 4.23. The molecule has 0 radical (unpaired) electrons. The maximum Gasteiger partial charge on any atom is 0.302 e. The van der Waals surface area contributed by atoms with Gasteiger partial charge in [-0.3, -0.25) is 9.59 Å². The van der Waals surface area contributed by atoms with Crippen LogP contribution in [0.15, 0.2) is 12.3 Å². The van der Waals surface area contributed by atoms with E-state index in [1.165, 1.54) is 18.5 Å². The van der Waals surface area contributed by atoms with Crippen molar-refractivity contribution in [1.82, 2.24) is 9.78 Å². The summed E-state index contributed by atoms with van der Waals surface area (Å²) in [6, 6.07) is 1.83. The van der Waals surface area contributed by atoms with Gasteiger partial charge in [-0.1, -0.05) is 0 Å². The highest BCUT2D eigenvalue weighted by Crippen LogP contribution is 2.35. The fourth-order valence-electron chi connectivity index (χ4n) is 2.33. The van der Waals surface area contributed by atoms with Crippen LogP contribution in [0.4, 0.5) is 0 Å². The molecule has 2 atom stereocenters. The van der Waals surface area contributed by atoms with Crippen molar-refractivity contribution in [3.8, 4) is 0 Å². The molecule has 0 saturated heterocycles. The molecule has 1 aliphatic rings. The molecule has 1 saturated carbocycles. The molecule has 0 N–H and O–H groups in total. The molecule has 1 fully saturated rings. The fourth-order valence-corrected chi connectivity index (χ4v) is 2.33. The number of nitrogens with zero attached hydrogens (tertiary/aromatic N) is 2. The van der Waals surface area contributed by atoms with Gasteiger partial charge in [-0.25, -0.2) is 4.68 Å². The normalized spacial score (nSPS) is 23.6. The summed E-state index contributed by atoms with van der Waals surface area (Å²) in [6.45, 7) is 2.89. The number of ether oxygens (including phenoxy) is 1. The third-order valence-electron chi connectivity index (χ3n) is 3.08. The summed E-state index contributed by atoms with van der Waals surface area (Å²) < 4.78 is 6.59. The lowest BCUT2D eigenvalue weighted by Crippen LogP contribution is -2.20. The van der Waals surface area contributed by atoms with Crippen LogP contribution in [0, 0.1) is 0 Å². The molecule has 0 amide bonds. The van der Waals surface area contributed by atoms with E-state index in [4.69, 9.17) is 4.74 Å². The molecule has 0 unspecified atom stereocenters. The summed E-state index contributed by atoms with van der Waals surface area (Å²) in [5.41, 5.74) is 0.837. The Hall–Kier alpha value is -1.65. The Morgan fingerprint density at radius 3 is 2.76 bits per heavy atom.